The van der Waals surface area contributed by atoms with E-state index < -0.39 is 12.5 Å². The Balaban J connectivity index is 1.74. The molecule has 0 fully saturated rings. The van der Waals surface area contributed by atoms with Crippen LogP contribution in [0.4, 0.5) is 8.78 Å². The van der Waals surface area contributed by atoms with Gasteiger partial charge < -0.3 is 0 Å². The van der Waals surface area contributed by atoms with Gasteiger partial charge in [0.25, 0.3) is 11.5 Å². The second kappa shape index (κ2) is 6.27. The molecule has 0 atom stereocenters. The third-order valence-electron chi connectivity index (χ3n) is 4.41. The van der Waals surface area contributed by atoms with E-state index in [2.05, 4.69) is 15.5 Å². The maximum absolute atomic E-state index is 12.9. The molecule has 1 aliphatic carbocycles. The van der Waals surface area contributed by atoms with Crippen molar-refractivity contribution in [2.45, 2.75) is 39.2 Å². The Morgan fingerprint density at radius 2 is 2.12 bits per heavy atom. The largest absolute Gasteiger partial charge is 0.333 e. The van der Waals surface area contributed by atoms with Gasteiger partial charge in [-0.3, -0.25) is 15.0 Å². The van der Waals surface area contributed by atoms with Gasteiger partial charge in [-0.05, 0) is 44.2 Å². The van der Waals surface area contributed by atoms with Crippen LogP contribution in [0.1, 0.15) is 46.1 Å². The molecule has 10 heteroatoms. The number of amides is 1. The van der Waals surface area contributed by atoms with E-state index in [-0.39, 0.29) is 11.3 Å². The van der Waals surface area contributed by atoms with E-state index in [1.165, 1.54) is 22.3 Å². The van der Waals surface area contributed by atoms with Crippen LogP contribution in [0.5, 0.6) is 0 Å². The number of halogens is 2. The number of carbonyl (C=O) groups is 1. The normalized spacial score (nSPS) is 14.0. The first-order chi connectivity index (χ1) is 12.5. The number of alkyl halides is 2. The summed E-state index contributed by atoms with van der Waals surface area (Å²) in [4.78, 5) is 31.5. The van der Waals surface area contributed by atoms with Crippen molar-refractivity contribution in [2.24, 2.45) is 0 Å². The Kier molecular flexibility index (Phi) is 4.06. The molecule has 0 unspecified atom stereocenters. The minimum Gasteiger partial charge on any atom is -0.267 e. The van der Waals surface area contributed by atoms with E-state index in [0.717, 1.165) is 42.1 Å². The molecule has 0 aliphatic heterocycles. The molecule has 0 saturated heterocycles. The minimum atomic E-state index is -2.84. The van der Waals surface area contributed by atoms with Crippen molar-refractivity contribution >= 4 is 27.5 Å². The first-order valence-corrected chi connectivity index (χ1v) is 8.96. The molecule has 0 radical (unpaired) electrons. The van der Waals surface area contributed by atoms with E-state index in [9.17, 15) is 18.4 Å². The van der Waals surface area contributed by atoms with Crippen LogP contribution in [0.3, 0.4) is 0 Å². The lowest BCUT2D eigenvalue weighted by atomic mass is 9.97. The van der Waals surface area contributed by atoms with E-state index in [0.29, 0.717) is 20.7 Å². The van der Waals surface area contributed by atoms with Crippen LogP contribution >= 0.6 is 11.3 Å². The highest BCUT2D eigenvalue weighted by Gasteiger charge is 2.22. The Labute approximate surface area is 150 Å². The van der Waals surface area contributed by atoms with Crippen molar-refractivity contribution in [1.82, 2.24) is 19.4 Å². The second-order valence-corrected chi connectivity index (χ2v) is 7.17. The first-order valence-electron chi connectivity index (χ1n) is 8.14. The standard InChI is InChI=1S/C16H15F2N5O2S/c1-8-19-14-12(9-4-2-3-5-11(9)26-14)15(25)23(8)21-13(24)10-6-7-22(20-10)16(17)18/h6-7,16H,2-5H2,1H3,(H,21,24). The lowest BCUT2D eigenvalue weighted by molar-refractivity contribution is 0.0561. The highest BCUT2D eigenvalue weighted by molar-refractivity contribution is 7.18. The smallest absolute Gasteiger partial charge is 0.267 e. The number of aryl methyl sites for hydroxylation is 3. The number of thiophene rings is 1. The molecule has 1 amide bonds. The Hall–Kier alpha value is -2.62. The lowest BCUT2D eigenvalue weighted by Gasteiger charge is -2.12. The third-order valence-corrected chi connectivity index (χ3v) is 5.60. The van der Waals surface area contributed by atoms with Crippen LogP contribution in [-0.2, 0) is 12.8 Å². The van der Waals surface area contributed by atoms with Crippen molar-refractivity contribution < 1.29 is 13.6 Å². The van der Waals surface area contributed by atoms with Crippen molar-refractivity contribution in [3.63, 3.8) is 0 Å². The lowest BCUT2D eigenvalue weighted by Crippen LogP contribution is -2.35. The quantitative estimate of drug-likeness (QED) is 0.758. The maximum Gasteiger partial charge on any atom is 0.333 e. The van der Waals surface area contributed by atoms with Gasteiger partial charge in [-0.2, -0.15) is 13.9 Å². The Morgan fingerprint density at radius 3 is 2.85 bits per heavy atom. The predicted molar refractivity (Wildman–Crippen MR) is 92.4 cm³/mol. The predicted octanol–water partition coefficient (Wildman–Crippen LogP) is 2.62. The van der Waals surface area contributed by atoms with Crippen molar-refractivity contribution in [3.05, 3.63) is 44.6 Å². The molecule has 3 heterocycles. The fraction of sp³-hybridized carbons (Fsp3) is 0.375. The molecular weight excluding hydrogens is 364 g/mol. The second-order valence-electron chi connectivity index (χ2n) is 6.09. The van der Waals surface area contributed by atoms with Gasteiger partial charge in [-0.25, -0.2) is 14.3 Å². The van der Waals surface area contributed by atoms with Crippen LogP contribution < -0.4 is 11.0 Å². The van der Waals surface area contributed by atoms with Gasteiger partial charge >= 0.3 is 6.55 Å². The number of fused-ring (bicyclic) bond motifs is 3. The number of nitrogens with one attached hydrogen (secondary N) is 1. The summed E-state index contributed by atoms with van der Waals surface area (Å²) >= 11 is 1.52. The summed E-state index contributed by atoms with van der Waals surface area (Å²) in [7, 11) is 0. The molecule has 0 spiro atoms. The van der Waals surface area contributed by atoms with Crippen LogP contribution in [-0.4, -0.2) is 25.3 Å². The zero-order valence-corrected chi connectivity index (χ0v) is 14.6. The number of hydrogen-bond acceptors (Lipinski definition) is 5. The van der Waals surface area contributed by atoms with E-state index >= 15 is 0 Å². The molecule has 1 aliphatic rings. The molecule has 1 N–H and O–H groups in total. The SMILES string of the molecule is Cc1nc2sc3c(c2c(=O)n1NC(=O)c1ccn(C(F)F)n1)CCCC3. The van der Waals surface area contributed by atoms with Gasteiger partial charge in [0.15, 0.2) is 5.69 Å². The summed E-state index contributed by atoms with van der Waals surface area (Å²) in [6.07, 6.45) is 4.88. The molecule has 0 bridgehead atoms. The monoisotopic (exact) mass is 379 g/mol. The summed E-state index contributed by atoms with van der Waals surface area (Å²) in [5.74, 6) is -0.428. The highest BCUT2D eigenvalue weighted by Crippen LogP contribution is 2.33. The molecule has 0 saturated carbocycles. The summed E-state index contributed by atoms with van der Waals surface area (Å²) in [6, 6.07) is 1.17. The summed E-state index contributed by atoms with van der Waals surface area (Å²) in [5.41, 5.74) is 2.88. The van der Waals surface area contributed by atoms with Crippen LogP contribution in [0.2, 0.25) is 0 Å². The van der Waals surface area contributed by atoms with Crippen molar-refractivity contribution in [3.8, 4) is 0 Å². The molecule has 3 aromatic heterocycles. The fourth-order valence-electron chi connectivity index (χ4n) is 3.16. The van der Waals surface area contributed by atoms with E-state index in [4.69, 9.17) is 0 Å². The van der Waals surface area contributed by atoms with Gasteiger partial charge in [-0.1, -0.05) is 0 Å². The maximum atomic E-state index is 12.9. The molecule has 136 valence electrons. The third kappa shape index (κ3) is 2.70. The zero-order chi connectivity index (χ0) is 18.4. The van der Waals surface area contributed by atoms with Crippen LogP contribution in [0.25, 0.3) is 10.2 Å². The molecule has 7 nitrogen and oxygen atoms in total. The summed E-state index contributed by atoms with van der Waals surface area (Å²) in [5, 5.41) is 4.04. The first kappa shape index (κ1) is 16.8. The van der Waals surface area contributed by atoms with Crippen molar-refractivity contribution in [1.29, 1.82) is 0 Å². The average molecular weight is 379 g/mol. The summed E-state index contributed by atoms with van der Waals surface area (Å²) in [6.45, 7) is -1.23. The fourth-order valence-corrected chi connectivity index (χ4v) is 4.46. The molecule has 0 aromatic carbocycles. The summed E-state index contributed by atoms with van der Waals surface area (Å²) < 4.78 is 26.6. The van der Waals surface area contributed by atoms with Gasteiger partial charge in [-0.15, -0.1) is 11.3 Å². The van der Waals surface area contributed by atoms with Gasteiger partial charge in [0, 0.05) is 11.1 Å². The number of rotatable bonds is 3. The molecular formula is C16H15F2N5O2S. The number of nitrogens with zero attached hydrogens (tertiary/aromatic N) is 4. The topological polar surface area (TPSA) is 81.8 Å². The zero-order valence-electron chi connectivity index (χ0n) is 13.8. The van der Waals surface area contributed by atoms with Crippen molar-refractivity contribution in [2.75, 3.05) is 5.43 Å². The molecule has 3 aromatic rings. The van der Waals surface area contributed by atoms with Crippen LogP contribution in [0, 0.1) is 6.92 Å². The average Bonchev–Trinajstić information content (AvgIpc) is 3.22. The Morgan fingerprint density at radius 1 is 1.35 bits per heavy atom. The van der Waals surface area contributed by atoms with E-state index in [1.54, 1.807) is 6.92 Å². The van der Waals surface area contributed by atoms with Gasteiger partial charge in [0.2, 0.25) is 0 Å². The van der Waals surface area contributed by atoms with Crippen LogP contribution in [0.15, 0.2) is 17.1 Å². The van der Waals surface area contributed by atoms with E-state index in [1.807, 2.05) is 0 Å². The molecule has 4 rings (SSSR count). The molecule has 26 heavy (non-hydrogen) atoms. The van der Waals surface area contributed by atoms with Gasteiger partial charge in [0.1, 0.15) is 10.7 Å². The number of carbonyl (C=O) groups excluding carboxylic acids is 1. The highest BCUT2D eigenvalue weighted by atomic mass is 32.1. The Bertz CT molecular complexity index is 1070. The van der Waals surface area contributed by atoms with Gasteiger partial charge in [0.05, 0.1) is 5.39 Å². The number of hydrogen-bond donors (Lipinski definition) is 1. The minimum absolute atomic E-state index is 0.205. The number of aromatic nitrogens is 4.